The fraction of sp³-hybridized carbons (Fsp3) is 0.143. The lowest BCUT2D eigenvalue weighted by Gasteiger charge is -2.11. The van der Waals surface area contributed by atoms with Crippen LogP contribution in [0.15, 0.2) is 66.7 Å². The Hall–Kier alpha value is -3.21. The number of ether oxygens (including phenoxy) is 1. The molecule has 0 spiro atoms. The number of aromatic nitrogens is 1. The highest BCUT2D eigenvalue weighted by Crippen LogP contribution is 2.25. The van der Waals surface area contributed by atoms with Crippen LogP contribution in [0.1, 0.15) is 16.1 Å². The molecule has 3 aromatic rings. The van der Waals surface area contributed by atoms with Crippen LogP contribution in [0.25, 0.3) is 11.3 Å². The molecule has 0 N–H and O–H groups in total. The van der Waals surface area contributed by atoms with Crippen LogP contribution < -0.4 is 4.74 Å². The molecule has 0 aliphatic heterocycles. The van der Waals surface area contributed by atoms with Crippen molar-refractivity contribution in [2.75, 3.05) is 14.1 Å². The number of rotatable bonds is 5. The van der Waals surface area contributed by atoms with E-state index in [9.17, 15) is 9.18 Å². The fourth-order valence-electron chi connectivity index (χ4n) is 2.46. The average Bonchev–Trinajstić information content (AvgIpc) is 2.67. The average molecular weight is 350 g/mol. The number of hydrogen-bond donors (Lipinski definition) is 0. The van der Waals surface area contributed by atoms with E-state index in [2.05, 4.69) is 4.98 Å². The van der Waals surface area contributed by atoms with Crippen molar-refractivity contribution in [3.8, 4) is 17.0 Å². The minimum Gasteiger partial charge on any atom is -0.486 e. The summed E-state index contributed by atoms with van der Waals surface area (Å²) in [5.74, 6) is -0.488. The largest absolute Gasteiger partial charge is 0.486 e. The Labute approximate surface area is 151 Å². The number of carbonyl (C=O) groups excluding carboxylic acids is 1. The summed E-state index contributed by atoms with van der Waals surface area (Å²) in [7, 11) is 3.32. The van der Waals surface area contributed by atoms with Crippen molar-refractivity contribution in [1.29, 1.82) is 0 Å². The van der Waals surface area contributed by atoms with Gasteiger partial charge in [0.05, 0.1) is 5.69 Å². The second-order valence-electron chi connectivity index (χ2n) is 6.03. The number of benzene rings is 2. The van der Waals surface area contributed by atoms with Gasteiger partial charge in [0.25, 0.3) is 5.91 Å². The molecule has 0 fully saturated rings. The smallest absolute Gasteiger partial charge is 0.271 e. The standard InChI is InChI=1S/C21H19FN2O2/c1-24(2)21(25)19-10-6-9-18(23-19)16-11-12-20(17(22)13-16)26-14-15-7-4-3-5-8-15/h3-13H,14H2,1-2H3. The first-order valence-electron chi connectivity index (χ1n) is 8.20. The van der Waals surface area contributed by atoms with E-state index in [0.717, 1.165) is 5.56 Å². The third-order valence-corrected chi connectivity index (χ3v) is 3.84. The third kappa shape index (κ3) is 4.06. The molecule has 3 rings (SSSR count). The summed E-state index contributed by atoms with van der Waals surface area (Å²) in [4.78, 5) is 17.8. The minimum atomic E-state index is -0.468. The van der Waals surface area contributed by atoms with Gasteiger partial charge in [-0.25, -0.2) is 9.37 Å². The van der Waals surface area contributed by atoms with Gasteiger partial charge in [-0.2, -0.15) is 0 Å². The van der Waals surface area contributed by atoms with Gasteiger partial charge in [-0.3, -0.25) is 4.79 Å². The predicted molar refractivity (Wildman–Crippen MR) is 98.4 cm³/mol. The van der Waals surface area contributed by atoms with E-state index in [1.807, 2.05) is 30.3 Å². The zero-order valence-corrected chi connectivity index (χ0v) is 14.6. The van der Waals surface area contributed by atoms with E-state index in [4.69, 9.17) is 4.74 Å². The number of halogens is 1. The van der Waals surface area contributed by atoms with Crippen LogP contribution in [0, 0.1) is 5.82 Å². The Balaban J connectivity index is 1.79. The van der Waals surface area contributed by atoms with Crippen LogP contribution in [0.3, 0.4) is 0 Å². The molecular formula is C21H19FN2O2. The van der Waals surface area contributed by atoms with Crippen LogP contribution in [-0.2, 0) is 6.61 Å². The highest BCUT2D eigenvalue weighted by atomic mass is 19.1. The van der Waals surface area contributed by atoms with Gasteiger partial charge in [0.15, 0.2) is 11.6 Å². The SMILES string of the molecule is CN(C)C(=O)c1cccc(-c2ccc(OCc3ccccc3)c(F)c2)n1. The number of amides is 1. The monoisotopic (exact) mass is 350 g/mol. The molecule has 0 aliphatic carbocycles. The molecule has 0 aliphatic rings. The molecule has 0 atom stereocenters. The second-order valence-corrected chi connectivity index (χ2v) is 6.03. The van der Waals surface area contributed by atoms with Crippen LogP contribution >= 0.6 is 0 Å². The van der Waals surface area contributed by atoms with Crippen molar-refractivity contribution in [2.45, 2.75) is 6.61 Å². The molecule has 0 unspecified atom stereocenters. The molecule has 1 heterocycles. The lowest BCUT2D eigenvalue weighted by molar-refractivity contribution is 0.0822. The zero-order valence-electron chi connectivity index (χ0n) is 14.6. The molecule has 26 heavy (non-hydrogen) atoms. The Kier molecular flexibility index (Phi) is 5.27. The summed E-state index contributed by atoms with van der Waals surface area (Å²) in [6.07, 6.45) is 0. The fourth-order valence-corrected chi connectivity index (χ4v) is 2.46. The zero-order chi connectivity index (χ0) is 18.5. The summed E-state index contributed by atoms with van der Waals surface area (Å²) >= 11 is 0. The van der Waals surface area contributed by atoms with E-state index in [-0.39, 0.29) is 11.7 Å². The van der Waals surface area contributed by atoms with Gasteiger partial charge in [-0.15, -0.1) is 0 Å². The maximum absolute atomic E-state index is 14.4. The maximum Gasteiger partial charge on any atom is 0.271 e. The molecular weight excluding hydrogens is 331 g/mol. The Morgan fingerprint density at radius 2 is 1.81 bits per heavy atom. The number of pyridine rings is 1. The van der Waals surface area contributed by atoms with Gasteiger partial charge in [-0.1, -0.05) is 36.4 Å². The van der Waals surface area contributed by atoms with Crippen LogP contribution in [-0.4, -0.2) is 29.9 Å². The van der Waals surface area contributed by atoms with Crippen LogP contribution in [0.4, 0.5) is 4.39 Å². The van der Waals surface area contributed by atoms with Gasteiger partial charge in [0, 0.05) is 19.7 Å². The molecule has 0 radical (unpaired) electrons. The summed E-state index contributed by atoms with van der Waals surface area (Å²) in [5, 5.41) is 0. The second kappa shape index (κ2) is 7.78. The first kappa shape index (κ1) is 17.6. The quantitative estimate of drug-likeness (QED) is 0.694. The number of nitrogens with zero attached hydrogens (tertiary/aromatic N) is 2. The molecule has 1 aromatic heterocycles. The molecule has 1 amide bonds. The molecule has 5 heteroatoms. The highest BCUT2D eigenvalue weighted by molar-refractivity contribution is 5.92. The Morgan fingerprint density at radius 3 is 2.50 bits per heavy atom. The van der Waals surface area contributed by atoms with Crippen molar-refractivity contribution < 1.29 is 13.9 Å². The summed E-state index contributed by atoms with van der Waals surface area (Å²) < 4.78 is 19.9. The normalized spacial score (nSPS) is 10.4. The van der Waals surface area contributed by atoms with Crippen molar-refractivity contribution in [3.05, 3.63) is 83.8 Å². The predicted octanol–water partition coefficient (Wildman–Crippen LogP) is 4.17. The van der Waals surface area contributed by atoms with Crippen molar-refractivity contribution in [2.24, 2.45) is 0 Å². The van der Waals surface area contributed by atoms with Gasteiger partial charge in [0.2, 0.25) is 0 Å². The molecule has 0 saturated carbocycles. The highest BCUT2D eigenvalue weighted by Gasteiger charge is 2.12. The first-order chi connectivity index (χ1) is 12.5. The minimum absolute atomic E-state index is 0.179. The molecule has 0 saturated heterocycles. The van der Waals surface area contributed by atoms with E-state index < -0.39 is 5.82 Å². The first-order valence-corrected chi connectivity index (χ1v) is 8.20. The summed E-state index contributed by atoms with van der Waals surface area (Å²) in [6, 6.07) is 19.4. The Morgan fingerprint density at radius 1 is 1.04 bits per heavy atom. The van der Waals surface area contributed by atoms with E-state index in [0.29, 0.717) is 23.6 Å². The molecule has 4 nitrogen and oxygen atoms in total. The maximum atomic E-state index is 14.4. The Bertz CT molecular complexity index is 911. The third-order valence-electron chi connectivity index (χ3n) is 3.84. The lowest BCUT2D eigenvalue weighted by Crippen LogP contribution is -2.22. The van der Waals surface area contributed by atoms with E-state index >= 15 is 0 Å². The molecule has 2 aromatic carbocycles. The summed E-state index contributed by atoms with van der Waals surface area (Å²) in [6.45, 7) is 0.294. The van der Waals surface area contributed by atoms with Gasteiger partial charge < -0.3 is 9.64 Å². The van der Waals surface area contributed by atoms with Gasteiger partial charge in [0.1, 0.15) is 12.3 Å². The van der Waals surface area contributed by atoms with E-state index in [1.54, 1.807) is 44.4 Å². The van der Waals surface area contributed by atoms with Gasteiger partial charge in [-0.05, 0) is 35.9 Å². The topological polar surface area (TPSA) is 42.4 Å². The molecule has 132 valence electrons. The van der Waals surface area contributed by atoms with Crippen LogP contribution in [0.2, 0.25) is 0 Å². The van der Waals surface area contributed by atoms with Crippen molar-refractivity contribution in [1.82, 2.24) is 9.88 Å². The number of hydrogen-bond acceptors (Lipinski definition) is 3. The number of carbonyl (C=O) groups is 1. The van der Waals surface area contributed by atoms with Crippen LogP contribution in [0.5, 0.6) is 5.75 Å². The molecule has 0 bridgehead atoms. The van der Waals surface area contributed by atoms with Crippen molar-refractivity contribution in [3.63, 3.8) is 0 Å². The van der Waals surface area contributed by atoms with E-state index in [1.165, 1.54) is 11.0 Å². The lowest BCUT2D eigenvalue weighted by atomic mass is 10.1. The van der Waals surface area contributed by atoms with Crippen molar-refractivity contribution >= 4 is 5.91 Å². The summed E-state index contributed by atoms with van der Waals surface area (Å²) in [5.41, 5.74) is 2.40. The van der Waals surface area contributed by atoms with Gasteiger partial charge >= 0.3 is 0 Å².